The number of carbonyl (C=O) groups excluding carboxylic acids is 1. The zero-order chi connectivity index (χ0) is 13.1. The number of imidazole rings is 1. The van der Waals surface area contributed by atoms with Crippen LogP contribution in [0.4, 0.5) is 4.79 Å². The van der Waals surface area contributed by atoms with E-state index in [-0.39, 0.29) is 6.03 Å². The molecule has 0 saturated carbocycles. The monoisotopic (exact) mass is 254 g/mol. The van der Waals surface area contributed by atoms with Crippen molar-refractivity contribution in [2.24, 2.45) is 0 Å². The molecule has 0 spiro atoms. The van der Waals surface area contributed by atoms with Gasteiger partial charge in [-0.3, -0.25) is 0 Å². The van der Waals surface area contributed by atoms with E-state index in [2.05, 4.69) is 15.6 Å². The first-order valence-electron chi connectivity index (χ1n) is 6.38. The van der Waals surface area contributed by atoms with Crippen molar-refractivity contribution in [3.8, 4) is 0 Å². The summed E-state index contributed by atoms with van der Waals surface area (Å²) in [5, 5.41) is 5.60. The van der Waals surface area contributed by atoms with Crippen molar-refractivity contribution in [3.05, 3.63) is 18.7 Å². The third-order valence-corrected chi connectivity index (χ3v) is 2.39. The Labute approximate surface area is 108 Å². The molecule has 0 atom stereocenters. The summed E-state index contributed by atoms with van der Waals surface area (Å²) < 4.78 is 7.16. The van der Waals surface area contributed by atoms with Gasteiger partial charge in [-0.25, -0.2) is 9.78 Å². The van der Waals surface area contributed by atoms with Gasteiger partial charge in [0.2, 0.25) is 0 Å². The minimum Gasteiger partial charge on any atom is -0.382 e. The van der Waals surface area contributed by atoms with E-state index in [1.165, 1.54) is 0 Å². The van der Waals surface area contributed by atoms with Crippen LogP contribution >= 0.6 is 0 Å². The molecule has 0 saturated heterocycles. The standard InChI is InChI=1S/C12H22N4O2/c1-2-18-10-4-6-15-12(17)14-5-3-8-16-9-7-13-11-16/h7,9,11H,2-6,8,10H2,1H3,(H2,14,15,17). The van der Waals surface area contributed by atoms with Gasteiger partial charge in [0.05, 0.1) is 6.33 Å². The number of hydrogen-bond acceptors (Lipinski definition) is 3. The first-order chi connectivity index (χ1) is 8.83. The molecule has 6 heteroatoms. The SMILES string of the molecule is CCOCCCNC(=O)NCCCn1ccnc1. The van der Waals surface area contributed by atoms with Crippen LogP contribution in [0.5, 0.6) is 0 Å². The van der Waals surface area contributed by atoms with Crippen LogP contribution in [0.25, 0.3) is 0 Å². The molecule has 102 valence electrons. The number of rotatable bonds is 9. The molecular weight excluding hydrogens is 232 g/mol. The number of nitrogens with one attached hydrogen (secondary N) is 2. The van der Waals surface area contributed by atoms with Crippen LogP contribution in [-0.4, -0.2) is 41.9 Å². The maximum atomic E-state index is 11.4. The van der Waals surface area contributed by atoms with Gasteiger partial charge in [0, 0.05) is 45.2 Å². The van der Waals surface area contributed by atoms with Crippen molar-refractivity contribution in [3.63, 3.8) is 0 Å². The Morgan fingerprint density at radius 2 is 2.11 bits per heavy atom. The van der Waals surface area contributed by atoms with Crippen molar-refractivity contribution < 1.29 is 9.53 Å². The van der Waals surface area contributed by atoms with Crippen molar-refractivity contribution in [1.29, 1.82) is 0 Å². The van der Waals surface area contributed by atoms with Gasteiger partial charge in [-0.15, -0.1) is 0 Å². The highest BCUT2D eigenvalue weighted by atomic mass is 16.5. The first-order valence-corrected chi connectivity index (χ1v) is 6.38. The lowest BCUT2D eigenvalue weighted by atomic mass is 10.4. The van der Waals surface area contributed by atoms with Gasteiger partial charge in [-0.1, -0.05) is 0 Å². The summed E-state index contributed by atoms with van der Waals surface area (Å²) in [6.07, 6.45) is 7.17. The summed E-state index contributed by atoms with van der Waals surface area (Å²) in [7, 11) is 0. The van der Waals surface area contributed by atoms with E-state index in [4.69, 9.17) is 4.74 Å². The lowest BCUT2D eigenvalue weighted by Crippen LogP contribution is -2.37. The van der Waals surface area contributed by atoms with E-state index in [0.717, 1.165) is 26.0 Å². The van der Waals surface area contributed by atoms with Crippen molar-refractivity contribution in [1.82, 2.24) is 20.2 Å². The average molecular weight is 254 g/mol. The molecule has 1 rings (SSSR count). The van der Waals surface area contributed by atoms with Gasteiger partial charge in [0.15, 0.2) is 0 Å². The molecule has 2 amide bonds. The topological polar surface area (TPSA) is 68.2 Å². The maximum Gasteiger partial charge on any atom is 0.314 e. The molecule has 0 bridgehead atoms. The third-order valence-electron chi connectivity index (χ3n) is 2.39. The normalized spacial score (nSPS) is 10.3. The maximum absolute atomic E-state index is 11.4. The number of ether oxygens (including phenoxy) is 1. The Morgan fingerprint density at radius 1 is 1.33 bits per heavy atom. The molecule has 18 heavy (non-hydrogen) atoms. The fourth-order valence-electron chi connectivity index (χ4n) is 1.47. The van der Waals surface area contributed by atoms with E-state index in [0.29, 0.717) is 19.7 Å². The number of hydrogen-bond donors (Lipinski definition) is 2. The second-order valence-corrected chi connectivity index (χ2v) is 3.89. The largest absolute Gasteiger partial charge is 0.382 e. The summed E-state index contributed by atoms with van der Waals surface area (Å²) in [6.45, 7) is 5.55. The Hall–Kier alpha value is -1.56. The van der Waals surface area contributed by atoms with E-state index in [1.807, 2.05) is 17.7 Å². The van der Waals surface area contributed by atoms with E-state index in [1.54, 1.807) is 12.5 Å². The molecule has 0 aromatic carbocycles. The average Bonchev–Trinajstić information content (AvgIpc) is 2.87. The predicted octanol–water partition coefficient (Wildman–Crippen LogP) is 0.999. The Bertz CT molecular complexity index is 314. The van der Waals surface area contributed by atoms with Gasteiger partial charge in [-0.05, 0) is 19.8 Å². The summed E-state index contributed by atoms with van der Waals surface area (Å²) in [6, 6.07) is -0.114. The number of carbonyl (C=O) groups is 1. The Morgan fingerprint density at radius 3 is 2.78 bits per heavy atom. The molecule has 2 N–H and O–H groups in total. The fraction of sp³-hybridized carbons (Fsp3) is 0.667. The molecule has 0 aliphatic carbocycles. The van der Waals surface area contributed by atoms with E-state index < -0.39 is 0 Å². The number of aromatic nitrogens is 2. The van der Waals surface area contributed by atoms with E-state index in [9.17, 15) is 4.79 Å². The molecule has 1 aromatic heterocycles. The molecule has 0 radical (unpaired) electrons. The molecule has 0 fully saturated rings. The zero-order valence-corrected chi connectivity index (χ0v) is 10.9. The molecule has 0 unspecified atom stereocenters. The van der Waals surface area contributed by atoms with Gasteiger partial charge < -0.3 is 19.9 Å². The van der Waals surface area contributed by atoms with Crippen LogP contribution in [0, 0.1) is 0 Å². The van der Waals surface area contributed by atoms with Crippen molar-refractivity contribution >= 4 is 6.03 Å². The molecule has 1 heterocycles. The Kier molecular flexibility index (Phi) is 7.63. The summed E-state index contributed by atoms with van der Waals surface area (Å²) in [4.78, 5) is 15.3. The van der Waals surface area contributed by atoms with Crippen LogP contribution in [-0.2, 0) is 11.3 Å². The number of nitrogens with zero attached hydrogens (tertiary/aromatic N) is 2. The molecule has 0 aliphatic heterocycles. The second-order valence-electron chi connectivity index (χ2n) is 3.89. The van der Waals surface area contributed by atoms with Gasteiger partial charge >= 0.3 is 6.03 Å². The summed E-state index contributed by atoms with van der Waals surface area (Å²) in [5.74, 6) is 0. The smallest absolute Gasteiger partial charge is 0.314 e. The predicted molar refractivity (Wildman–Crippen MR) is 69.4 cm³/mol. The van der Waals surface area contributed by atoms with E-state index >= 15 is 0 Å². The quantitative estimate of drug-likeness (QED) is 0.646. The highest BCUT2D eigenvalue weighted by Gasteiger charge is 1.98. The van der Waals surface area contributed by atoms with Crippen LogP contribution in [0.1, 0.15) is 19.8 Å². The number of amides is 2. The molecule has 1 aromatic rings. The fourth-order valence-corrected chi connectivity index (χ4v) is 1.47. The highest BCUT2D eigenvalue weighted by molar-refractivity contribution is 5.73. The third kappa shape index (κ3) is 6.90. The van der Waals surface area contributed by atoms with Gasteiger partial charge in [-0.2, -0.15) is 0 Å². The summed E-state index contributed by atoms with van der Waals surface area (Å²) >= 11 is 0. The van der Waals surface area contributed by atoms with Crippen molar-refractivity contribution in [2.75, 3.05) is 26.3 Å². The first kappa shape index (κ1) is 14.5. The summed E-state index contributed by atoms with van der Waals surface area (Å²) in [5.41, 5.74) is 0. The molecule has 0 aliphatic rings. The van der Waals surface area contributed by atoms with Crippen LogP contribution in [0.3, 0.4) is 0 Å². The van der Waals surface area contributed by atoms with Crippen LogP contribution in [0.15, 0.2) is 18.7 Å². The minimum atomic E-state index is -0.114. The number of aryl methyl sites for hydroxylation is 1. The van der Waals surface area contributed by atoms with Crippen LogP contribution < -0.4 is 10.6 Å². The molecular formula is C12H22N4O2. The van der Waals surface area contributed by atoms with Gasteiger partial charge in [0.25, 0.3) is 0 Å². The zero-order valence-electron chi connectivity index (χ0n) is 10.9. The lowest BCUT2D eigenvalue weighted by Gasteiger charge is -2.07. The van der Waals surface area contributed by atoms with Gasteiger partial charge in [0.1, 0.15) is 0 Å². The molecule has 6 nitrogen and oxygen atoms in total. The van der Waals surface area contributed by atoms with Crippen LogP contribution in [0.2, 0.25) is 0 Å². The highest BCUT2D eigenvalue weighted by Crippen LogP contribution is 1.88. The van der Waals surface area contributed by atoms with Crippen molar-refractivity contribution in [2.45, 2.75) is 26.3 Å². The second kappa shape index (κ2) is 9.47. The number of urea groups is 1. The minimum absolute atomic E-state index is 0.114. The lowest BCUT2D eigenvalue weighted by molar-refractivity contribution is 0.145. The Balaban J connectivity index is 1.90.